The van der Waals surface area contributed by atoms with Gasteiger partial charge in [0.1, 0.15) is 6.04 Å². The van der Waals surface area contributed by atoms with E-state index in [2.05, 4.69) is 46.6 Å². The average molecular weight is 248 g/mol. The number of para-hydroxylation sites is 1. The van der Waals surface area contributed by atoms with E-state index in [9.17, 15) is 0 Å². The Kier molecular flexibility index (Phi) is 3.20. The number of fused-ring (bicyclic) bond motifs is 1. The molecule has 0 bridgehead atoms. The van der Waals surface area contributed by atoms with Gasteiger partial charge in [-0.1, -0.05) is 18.2 Å². The summed E-state index contributed by atoms with van der Waals surface area (Å²) in [5, 5.41) is 4.35. The number of hydrogen-bond donors (Lipinski definition) is 3. The van der Waals surface area contributed by atoms with Crippen molar-refractivity contribution in [1.29, 1.82) is 0 Å². The molecule has 1 aliphatic rings. The molecule has 1 aromatic heterocycles. The molecule has 3 nitrogen and oxygen atoms in total. The number of nitrogens with one attached hydrogen (secondary N) is 3. The molecule has 1 atom stereocenters. The van der Waals surface area contributed by atoms with E-state index in [1.807, 2.05) is 18.6 Å². The minimum absolute atomic E-state index is 0. The van der Waals surface area contributed by atoms with Gasteiger partial charge in [-0.15, -0.1) is 0 Å². The second-order valence-corrected chi connectivity index (χ2v) is 4.09. The summed E-state index contributed by atoms with van der Waals surface area (Å²) >= 11 is 0. The fraction of sp³-hybridized carbons (Fsp3) is 0.154. The molecule has 0 fully saturated rings. The van der Waals surface area contributed by atoms with Gasteiger partial charge in [0, 0.05) is 28.2 Å². The standard InChI is InChI=1S/C13H13N3.ClH/c1-9-6-14-8-16-13(9)11-7-15-12-5-3-2-4-10(11)12;/h2-8,13,15H,1H3,(H,14,16);1H. The SMILES string of the molecule is CC1=CNC=[NH+]C1c1c[nH]c2ccccc12.[Cl-]. The Labute approximate surface area is 106 Å². The highest BCUT2D eigenvalue weighted by Gasteiger charge is 2.20. The van der Waals surface area contributed by atoms with Crippen LogP contribution in [-0.4, -0.2) is 11.3 Å². The van der Waals surface area contributed by atoms with Crippen LogP contribution in [0.5, 0.6) is 0 Å². The van der Waals surface area contributed by atoms with Crippen LogP contribution in [0.25, 0.3) is 10.9 Å². The number of hydrogen-bond acceptors (Lipinski definition) is 1. The zero-order valence-electron chi connectivity index (χ0n) is 9.50. The lowest BCUT2D eigenvalue weighted by molar-refractivity contribution is -0.496. The Morgan fingerprint density at radius 3 is 2.88 bits per heavy atom. The first-order valence-corrected chi connectivity index (χ1v) is 5.43. The Morgan fingerprint density at radius 2 is 2.06 bits per heavy atom. The summed E-state index contributed by atoms with van der Waals surface area (Å²) in [6, 6.07) is 8.63. The number of benzene rings is 1. The van der Waals surface area contributed by atoms with Crippen molar-refractivity contribution in [3.05, 3.63) is 47.8 Å². The highest BCUT2D eigenvalue weighted by atomic mass is 35.5. The van der Waals surface area contributed by atoms with Crippen molar-refractivity contribution in [3.63, 3.8) is 0 Å². The highest BCUT2D eigenvalue weighted by molar-refractivity contribution is 5.83. The first-order chi connectivity index (χ1) is 7.86. The molecule has 0 amide bonds. The molecular formula is C13H14ClN3. The van der Waals surface area contributed by atoms with Crippen molar-refractivity contribution >= 4 is 17.2 Å². The molecular weight excluding hydrogens is 234 g/mol. The normalized spacial score (nSPS) is 18.4. The second-order valence-electron chi connectivity index (χ2n) is 4.09. The van der Waals surface area contributed by atoms with E-state index in [-0.39, 0.29) is 18.4 Å². The van der Waals surface area contributed by atoms with Crippen LogP contribution in [0, 0.1) is 0 Å². The summed E-state index contributed by atoms with van der Waals surface area (Å²) in [4.78, 5) is 6.64. The van der Waals surface area contributed by atoms with E-state index in [1.54, 1.807) is 0 Å². The van der Waals surface area contributed by atoms with Gasteiger partial charge in [-0.2, -0.15) is 0 Å². The monoisotopic (exact) mass is 247 g/mol. The minimum atomic E-state index is 0. The molecule has 2 aromatic rings. The van der Waals surface area contributed by atoms with Gasteiger partial charge in [0.25, 0.3) is 0 Å². The molecule has 3 N–H and O–H groups in total. The molecule has 1 aromatic carbocycles. The zero-order chi connectivity index (χ0) is 11.0. The molecule has 1 aliphatic heterocycles. The lowest BCUT2D eigenvalue weighted by Crippen LogP contribution is -3.00. The summed E-state index contributed by atoms with van der Waals surface area (Å²) in [6.45, 7) is 2.12. The molecule has 17 heavy (non-hydrogen) atoms. The summed E-state index contributed by atoms with van der Waals surface area (Å²) in [5.41, 5.74) is 3.76. The maximum atomic E-state index is 3.34. The van der Waals surface area contributed by atoms with E-state index >= 15 is 0 Å². The van der Waals surface area contributed by atoms with E-state index in [0.29, 0.717) is 0 Å². The van der Waals surface area contributed by atoms with Gasteiger partial charge >= 0.3 is 0 Å². The molecule has 0 radical (unpaired) electrons. The van der Waals surface area contributed by atoms with Crippen molar-refractivity contribution < 1.29 is 17.4 Å². The fourth-order valence-corrected chi connectivity index (χ4v) is 2.19. The molecule has 0 saturated heterocycles. The van der Waals surface area contributed by atoms with E-state index in [4.69, 9.17) is 0 Å². The maximum Gasteiger partial charge on any atom is 0.235 e. The third-order valence-corrected chi connectivity index (χ3v) is 3.03. The average Bonchev–Trinajstić information content (AvgIpc) is 2.74. The van der Waals surface area contributed by atoms with Crippen LogP contribution >= 0.6 is 0 Å². The number of aromatic nitrogens is 1. The summed E-state index contributed by atoms with van der Waals surface area (Å²) in [7, 11) is 0. The minimum Gasteiger partial charge on any atom is -1.00 e. The summed E-state index contributed by atoms with van der Waals surface area (Å²) in [5.74, 6) is 0. The van der Waals surface area contributed by atoms with Crippen LogP contribution in [-0.2, 0) is 0 Å². The highest BCUT2D eigenvalue weighted by Crippen LogP contribution is 2.25. The topological polar surface area (TPSA) is 41.8 Å². The van der Waals surface area contributed by atoms with Crippen molar-refractivity contribution in [2.45, 2.75) is 13.0 Å². The van der Waals surface area contributed by atoms with Crippen molar-refractivity contribution in [2.24, 2.45) is 0 Å². The third kappa shape index (κ3) is 1.94. The largest absolute Gasteiger partial charge is 1.00 e. The lowest BCUT2D eigenvalue weighted by atomic mass is 10.00. The molecule has 0 spiro atoms. The van der Waals surface area contributed by atoms with Gasteiger partial charge in [0.2, 0.25) is 6.34 Å². The van der Waals surface area contributed by atoms with Crippen LogP contribution in [0.1, 0.15) is 18.5 Å². The Hall–Kier alpha value is -1.74. The van der Waals surface area contributed by atoms with Crippen LogP contribution in [0.4, 0.5) is 0 Å². The molecule has 0 aliphatic carbocycles. The lowest BCUT2D eigenvalue weighted by Gasteiger charge is -2.12. The quantitative estimate of drug-likeness (QED) is 0.528. The zero-order valence-corrected chi connectivity index (χ0v) is 10.3. The first-order valence-electron chi connectivity index (χ1n) is 5.43. The molecule has 0 saturated carbocycles. The number of aromatic amines is 1. The molecule has 1 unspecified atom stereocenters. The summed E-state index contributed by atoms with van der Waals surface area (Å²) in [6.07, 6.45) is 5.99. The Bertz CT molecular complexity index is 583. The molecule has 2 heterocycles. The molecule has 4 heteroatoms. The smallest absolute Gasteiger partial charge is 0.235 e. The predicted molar refractivity (Wildman–Crippen MR) is 65.0 cm³/mol. The van der Waals surface area contributed by atoms with Crippen LogP contribution in [0.3, 0.4) is 0 Å². The van der Waals surface area contributed by atoms with Gasteiger partial charge in [0.15, 0.2) is 0 Å². The summed E-state index contributed by atoms with van der Waals surface area (Å²) < 4.78 is 0. The van der Waals surface area contributed by atoms with Crippen LogP contribution in [0.2, 0.25) is 0 Å². The van der Waals surface area contributed by atoms with Gasteiger partial charge in [-0.25, -0.2) is 0 Å². The fourth-order valence-electron chi connectivity index (χ4n) is 2.19. The number of rotatable bonds is 1. The molecule has 3 rings (SSSR count). The first kappa shape index (κ1) is 11.7. The Balaban J connectivity index is 0.00000108. The van der Waals surface area contributed by atoms with Crippen molar-refractivity contribution in [2.75, 3.05) is 0 Å². The van der Waals surface area contributed by atoms with Crippen molar-refractivity contribution in [3.8, 4) is 0 Å². The van der Waals surface area contributed by atoms with Gasteiger partial charge in [-0.3, -0.25) is 10.3 Å². The maximum absolute atomic E-state index is 3.34. The second kappa shape index (κ2) is 4.63. The Morgan fingerprint density at radius 1 is 1.24 bits per heavy atom. The van der Waals surface area contributed by atoms with Crippen molar-refractivity contribution in [1.82, 2.24) is 10.3 Å². The van der Waals surface area contributed by atoms with Gasteiger partial charge < -0.3 is 17.4 Å². The van der Waals surface area contributed by atoms with Crippen LogP contribution < -0.4 is 22.7 Å². The van der Waals surface area contributed by atoms with Crippen LogP contribution in [0.15, 0.2) is 42.2 Å². The van der Waals surface area contributed by atoms with Gasteiger partial charge in [-0.05, 0) is 13.0 Å². The van der Waals surface area contributed by atoms with E-state index in [1.165, 1.54) is 22.0 Å². The van der Waals surface area contributed by atoms with E-state index < -0.39 is 0 Å². The molecule has 88 valence electrons. The van der Waals surface area contributed by atoms with Gasteiger partial charge in [0.05, 0.1) is 6.20 Å². The predicted octanol–water partition coefficient (Wildman–Crippen LogP) is -2.17. The third-order valence-electron chi connectivity index (χ3n) is 3.03. The number of H-pyrrole nitrogens is 1. The van der Waals surface area contributed by atoms with E-state index in [0.717, 1.165) is 0 Å². The number of halogens is 1.